The van der Waals surface area contributed by atoms with Gasteiger partial charge in [-0.3, -0.25) is 18.7 Å². The minimum absolute atomic E-state index is 0.159. The molecular weight excluding hydrogens is 318 g/mol. The fraction of sp³-hybridized carbons (Fsp3) is 0.421. The third-order valence-corrected chi connectivity index (χ3v) is 4.75. The number of rotatable bonds is 4. The van der Waals surface area contributed by atoms with Crippen molar-refractivity contribution in [2.24, 2.45) is 0 Å². The van der Waals surface area contributed by atoms with Gasteiger partial charge in [0, 0.05) is 24.8 Å². The lowest BCUT2D eigenvalue weighted by Crippen LogP contribution is -2.48. The quantitative estimate of drug-likeness (QED) is 0.846. The molecule has 6 heteroatoms. The highest BCUT2D eigenvalue weighted by Crippen LogP contribution is 2.16. The number of carbonyl (C=O) groups excluding carboxylic acids is 1. The Morgan fingerprint density at radius 3 is 2.60 bits per heavy atom. The van der Waals surface area contributed by atoms with Crippen molar-refractivity contribution in [1.82, 2.24) is 14.0 Å². The molecule has 2 heterocycles. The third kappa shape index (κ3) is 3.90. The molecule has 0 bridgehead atoms. The molecule has 1 atom stereocenters. The van der Waals surface area contributed by atoms with Gasteiger partial charge in [-0.05, 0) is 31.7 Å². The molecule has 6 nitrogen and oxygen atoms in total. The summed E-state index contributed by atoms with van der Waals surface area (Å²) in [6.07, 6.45) is 4.54. The smallest absolute Gasteiger partial charge is 0.331 e. The molecule has 1 fully saturated rings. The van der Waals surface area contributed by atoms with Crippen molar-refractivity contribution in [2.75, 3.05) is 6.54 Å². The Hall–Kier alpha value is -2.63. The number of amides is 1. The van der Waals surface area contributed by atoms with Crippen LogP contribution >= 0.6 is 0 Å². The average molecular weight is 341 g/mol. The Morgan fingerprint density at radius 1 is 1.12 bits per heavy atom. The molecule has 132 valence electrons. The van der Waals surface area contributed by atoms with E-state index in [2.05, 4.69) is 0 Å². The molecule has 0 aliphatic carbocycles. The Balaban J connectivity index is 1.83. The Kier molecular flexibility index (Phi) is 5.16. The number of likely N-dealkylation sites (tertiary alicyclic amines) is 1. The summed E-state index contributed by atoms with van der Waals surface area (Å²) in [4.78, 5) is 39.1. The second-order valence-electron chi connectivity index (χ2n) is 6.57. The summed E-state index contributed by atoms with van der Waals surface area (Å²) in [7, 11) is 0. The molecule has 1 aromatic carbocycles. The standard InChI is InChI=1S/C19H23N3O3/c1-15-7-5-6-11-21(15)18(24)14-22-17(23)10-12-20(19(22)25)13-16-8-3-2-4-9-16/h2-4,8-10,12,15H,5-7,11,13-14H2,1H3. The fourth-order valence-corrected chi connectivity index (χ4v) is 3.30. The summed E-state index contributed by atoms with van der Waals surface area (Å²) >= 11 is 0. The van der Waals surface area contributed by atoms with Crippen molar-refractivity contribution in [3.05, 3.63) is 69.0 Å². The molecule has 3 rings (SSSR count). The van der Waals surface area contributed by atoms with Crippen LogP contribution in [0.1, 0.15) is 31.7 Å². The first-order valence-corrected chi connectivity index (χ1v) is 8.70. The average Bonchev–Trinajstić information content (AvgIpc) is 2.62. The summed E-state index contributed by atoms with van der Waals surface area (Å²) in [5.41, 5.74) is 0.0764. The van der Waals surface area contributed by atoms with Gasteiger partial charge in [-0.2, -0.15) is 0 Å². The van der Waals surface area contributed by atoms with Crippen LogP contribution in [0.4, 0.5) is 0 Å². The predicted octanol–water partition coefficient (Wildman–Crippen LogP) is 1.46. The SMILES string of the molecule is CC1CCCCN1C(=O)Cn1c(=O)ccn(Cc2ccccc2)c1=O. The van der Waals surface area contributed by atoms with Gasteiger partial charge in [0.1, 0.15) is 6.54 Å². The number of hydrogen-bond donors (Lipinski definition) is 0. The maximum Gasteiger partial charge on any atom is 0.331 e. The van der Waals surface area contributed by atoms with E-state index in [-0.39, 0.29) is 18.5 Å². The van der Waals surface area contributed by atoms with Crippen LogP contribution < -0.4 is 11.2 Å². The normalized spacial score (nSPS) is 17.5. The highest BCUT2D eigenvalue weighted by molar-refractivity contribution is 5.76. The Labute approximate surface area is 146 Å². The van der Waals surface area contributed by atoms with Crippen molar-refractivity contribution in [3.8, 4) is 0 Å². The van der Waals surface area contributed by atoms with Gasteiger partial charge in [-0.15, -0.1) is 0 Å². The number of carbonyl (C=O) groups is 1. The molecule has 1 amide bonds. The minimum atomic E-state index is -0.450. The van der Waals surface area contributed by atoms with Crippen molar-refractivity contribution in [1.29, 1.82) is 0 Å². The van der Waals surface area contributed by atoms with Gasteiger partial charge in [0.25, 0.3) is 5.56 Å². The molecule has 1 saturated heterocycles. The van der Waals surface area contributed by atoms with E-state index in [1.807, 2.05) is 37.3 Å². The fourth-order valence-electron chi connectivity index (χ4n) is 3.30. The molecule has 25 heavy (non-hydrogen) atoms. The highest BCUT2D eigenvalue weighted by Gasteiger charge is 2.24. The monoisotopic (exact) mass is 341 g/mol. The van der Waals surface area contributed by atoms with Crippen LogP contribution in [-0.4, -0.2) is 32.5 Å². The molecule has 0 N–H and O–H groups in total. The van der Waals surface area contributed by atoms with Gasteiger partial charge >= 0.3 is 5.69 Å². The molecule has 2 aromatic rings. The summed E-state index contributed by atoms with van der Waals surface area (Å²) in [5.74, 6) is -0.163. The summed E-state index contributed by atoms with van der Waals surface area (Å²) < 4.78 is 2.50. The van der Waals surface area contributed by atoms with Gasteiger partial charge in [-0.25, -0.2) is 4.79 Å². The van der Waals surface area contributed by atoms with Crippen LogP contribution in [0.5, 0.6) is 0 Å². The second-order valence-corrected chi connectivity index (χ2v) is 6.57. The molecular formula is C19H23N3O3. The van der Waals surface area contributed by atoms with Crippen LogP contribution in [0.25, 0.3) is 0 Å². The summed E-state index contributed by atoms with van der Waals surface area (Å²) in [6, 6.07) is 11.1. The lowest BCUT2D eigenvalue weighted by atomic mass is 10.0. The number of aromatic nitrogens is 2. The first kappa shape index (κ1) is 17.2. The molecule has 1 unspecified atom stereocenters. The summed E-state index contributed by atoms with van der Waals surface area (Å²) in [5, 5.41) is 0. The first-order valence-electron chi connectivity index (χ1n) is 8.70. The lowest BCUT2D eigenvalue weighted by molar-refractivity contribution is -0.135. The second kappa shape index (κ2) is 7.51. The maximum absolute atomic E-state index is 12.6. The van der Waals surface area contributed by atoms with Crippen LogP contribution in [0.2, 0.25) is 0 Å². The largest absolute Gasteiger partial charge is 0.338 e. The molecule has 1 aromatic heterocycles. The van der Waals surface area contributed by atoms with Gasteiger partial charge in [-0.1, -0.05) is 30.3 Å². The number of benzene rings is 1. The van der Waals surface area contributed by atoms with Gasteiger partial charge in [0.15, 0.2) is 0 Å². The van der Waals surface area contributed by atoms with Crippen molar-refractivity contribution < 1.29 is 4.79 Å². The van der Waals surface area contributed by atoms with Crippen molar-refractivity contribution in [3.63, 3.8) is 0 Å². The third-order valence-electron chi connectivity index (χ3n) is 4.75. The molecule has 0 saturated carbocycles. The zero-order chi connectivity index (χ0) is 17.8. The Morgan fingerprint density at radius 2 is 1.88 bits per heavy atom. The molecule has 0 spiro atoms. The minimum Gasteiger partial charge on any atom is -0.338 e. The van der Waals surface area contributed by atoms with Crippen LogP contribution in [0.15, 0.2) is 52.2 Å². The summed E-state index contributed by atoms with van der Waals surface area (Å²) in [6.45, 7) is 2.88. The van der Waals surface area contributed by atoms with Crippen LogP contribution in [0, 0.1) is 0 Å². The van der Waals surface area contributed by atoms with E-state index in [4.69, 9.17) is 0 Å². The van der Waals surface area contributed by atoms with Crippen LogP contribution in [0.3, 0.4) is 0 Å². The number of nitrogens with zero attached hydrogens (tertiary/aromatic N) is 3. The molecule has 1 aliphatic rings. The maximum atomic E-state index is 12.6. The molecule has 1 aliphatic heterocycles. The number of hydrogen-bond acceptors (Lipinski definition) is 3. The molecule has 0 radical (unpaired) electrons. The Bertz CT molecular complexity index is 854. The van der Waals surface area contributed by atoms with E-state index >= 15 is 0 Å². The highest BCUT2D eigenvalue weighted by atomic mass is 16.2. The van der Waals surface area contributed by atoms with E-state index in [0.717, 1.165) is 29.4 Å². The van der Waals surface area contributed by atoms with E-state index in [9.17, 15) is 14.4 Å². The van der Waals surface area contributed by atoms with Gasteiger partial charge < -0.3 is 4.90 Å². The zero-order valence-electron chi connectivity index (χ0n) is 14.4. The van der Waals surface area contributed by atoms with Crippen LogP contribution in [-0.2, 0) is 17.9 Å². The van der Waals surface area contributed by atoms with Gasteiger partial charge in [0.05, 0.1) is 6.54 Å². The zero-order valence-corrected chi connectivity index (χ0v) is 14.4. The van der Waals surface area contributed by atoms with E-state index < -0.39 is 11.2 Å². The van der Waals surface area contributed by atoms with E-state index in [1.165, 1.54) is 16.8 Å². The predicted molar refractivity (Wildman–Crippen MR) is 95.5 cm³/mol. The van der Waals surface area contributed by atoms with Crippen molar-refractivity contribution >= 4 is 5.91 Å². The van der Waals surface area contributed by atoms with Crippen molar-refractivity contribution in [2.45, 2.75) is 45.3 Å². The number of piperidine rings is 1. The van der Waals surface area contributed by atoms with Gasteiger partial charge in [0.2, 0.25) is 5.91 Å². The lowest BCUT2D eigenvalue weighted by Gasteiger charge is -2.33. The van der Waals surface area contributed by atoms with E-state index in [1.54, 1.807) is 4.90 Å². The topological polar surface area (TPSA) is 64.3 Å². The first-order chi connectivity index (χ1) is 12.1. The van der Waals surface area contributed by atoms with E-state index in [0.29, 0.717) is 13.1 Å².